The Labute approximate surface area is 69.2 Å². The minimum absolute atomic E-state index is 3.50. The van der Waals surface area contributed by atoms with E-state index in [1.54, 1.807) is 0 Å². The van der Waals surface area contributed by atoms with Gasteiger partial charge >= 0.3 is 10.4 Å². The first kappa shape index (κ1) is 1.72. The number of hydrogen-bond donors (Lipinski definition) is 0. The van der Waals surface area contributed by atoms with E-state index in [9.17, 15) is 8.42 Å². The quantitative estimate of drug-likeness (QED) is 0.600. The third-order valence-corrected chi connectivity index (χ3v) is 0.862. The van der Waals surface area contributed by atoms with Crippen LogP contribution in [0.3, 0.4) is 0 Å². The zero-order valence-corrected chi connectivity index (χ0v) is 4.86. The maximum Gasteiger partial charge on any atom is 0.399 e. The fourth-order valence-corrected chi connectivity index (χ4v) is 0.357. The Bertz CT molecular complexity index is 384. The van der Waals surface area contributed by atoms with E-state index in [0.29, 0.717) is 0 Å². The molecule has 0 radical (unpaired) electrons. The maximum absolute atomic E-state index is 11.1. The molecular formula is C4H10O4S. The zero-order chi connectivity index (χ0) is 15.9. The van der Waals surface area contributed by atoms with Crippen LogP contribution < -0.4 is 0 Å². The fraction of sp³-hybridized carbons (Fsp3) is 1.00. The molecule has 0 amide bonds. The summed E-state index contributed by atoms with van der Waals surface area (Å²) < 4.78 is 96.9. The van der Waals surface area contributed by atoms with Gasteiger partial charge in [0.25, 0.3) is 0 Å². The summed E-state index contributed by atoms with van der Waals surface area (Å²) in [4.78, 5) is 0. The van der Waals surface area contributed by atoms with Gasteiger partial charge in [-0.15, -0.1) is 0 Å². The summed E-state index contributed by atoms with van der Waals surface area (Å²) in [7, 11) is -5.53. The molecule has 0 aromatic carbocycles. The normalized spacial score (nSPS) is 34.2. The summed E-state index contributed by atoms with van der Waals surface area (Å²) in [6, 6.07) is 0. The SMILES string of the molecule is [2H]C([2H])([2H])C([2H])([2H])OS(=O)(=O)OC([2H])([2H])C([2H])([2H])[2H]. The molecule has 0 rings (SSSR count). The van der Waals surface area contributed by atoms with Crippen LogP contribution in [0.4, 0.5) is 0 Å². The van der Waals surface area contributed by atoms with Crippen LogP contribution in [-0.2, 0) is 18.8 Å². The van der Waals surface area contributed by atoms with Gasteiger partial charge in [0, 0.05) is 8.22 Å². The molecule has 0 atom stereocenters. The third kappa shape index (κ3) is 4.38. The largest absolute Gasteiger partial charge is 0.399 e. The predicted molar refractivity (Wildman–Crippen MR) is 32.2 cm³/mol. The molecule has 0 aromatic heterocycles. The second-order valence-corrected chi connectivity index (χ2v) is 1.93. The van der Waals surface area contributed by atoms with Gasteiger partial charge < -0.3 is 0 Å². The molecule has 0 N–H and O–H groups in total. The lowest BCUT2D eigenvalue weighted by Gasteiger charge is -1.99. The molecule has 0 unspecified atom stereocenters. The molecule has 0 saturated heterocycles. The summed E-state index contributed by atoms with van der Waals surface area (Å²) in [5, 5.41) is 0. The van der Waals surface area contributed by atoms with Crippen molar-refractivity contribution in [2.24, 2.45) is 0 Å². The highest BCUT2D eigenvalue weighted by Gasteiger charge is 2.06. The van der Waals surface area contributed by atoms with Crippen LogP contribution >= 0.6 is 0 Å². The van der Waals surface area contributed by atoms with Crippen molar-refractivity contribution in [1.29, 1.82) is 0 Å². The Morgan fingerprint density at radius 3 is 2.22 bits per heavy atom. The highest BCUT2D eigenvalue weighted by Crippen LogP contribution is 1.93. The summed E-state index contributed by atoms with van der Waals surface area (Å²) in [5.74, 6) is 0. The molecule has 0 aliphatic heterocycles. The van der Waals surface area contributed by atoms with Crippen molar-refractivity contribution in [3.63, 3.8) is 0 Å². The Balaban J connectivity index is 5.16. The van der Waals surface area contributed by atoms with Gasteiger partial charge in [-0.1, -0.05) is 0 Å². The van der Waals surface area contributed by atoms with E-state index in [1.807, 2.05) is 0 Å². The molecule has 0 saturated carbocycles. The van der Waals surface area contributed by atoms with Crippen LogP contribution in [-0.4, -0.2) is 21.5 Å². The summed E-state index contributed by atoms with van der Waals surface area (Å²) in [6.45, 7) is -14.4. The standard InChI is InChI=1S/C4H10O4S/c1-3-7-9(5,6)8-4-2/h3-4H2,1-2H3/i1D3,2D3,3D2,4D2. The summed E-state index contributed by atoms with van der Waals surface area (Å²) in [5.41, 5.74) is 0. The Morgan fingerprint density at radius 1 is 1.44 bits per heavy atom. The van der Waals surface area contributed by atoms with Crippen molar-refractivity contribution in [2.45, 2.75) is 13.7 Å². The molecule has 0 spiro atoms. The van der Waals surface area contributed by atoms with Gasteiger partial charge in [-0.25, -0.2) is 8.37 Å². The van der Waals surface area contributed by atoms with Gasteiger partial charge in [0.05, 0.1) is 18.6 Å². The monoisotopic (exact) mass is 164 g/mol. The smallest absolute Gasteiger partial charge is 0.248 e. The molecule has 0 aromatic rings. The van der Waals surface area contributed by atoms with E-state index in [0.717, 1.165) is 0 Å². The topological polar surface area (TPSA) is 52.6 Å². The van der Waals surface area contributed by atoms with Crippen molar-refractivity contribution < 1.29 is 30.5 Å². The Morgan fingerprint density at radius 2 is 1.89 bits per heavy atom. The maximum atomic E-state index is 11.1. The highest BCUT2D eigenvalue weighted by molar-refractivity contribution is 7.81. The van der Waals surface area contributed by atoms with Crippen molar-refractivity contribution in [3.8, 4) is 0 Å². The van der Waals surface area contributed by atoms with E-state index in [1.165, 1.54) is 0 Å². The highest BCUT2D eigenvalue weighted by atomic mass is 32.3. The lowest BCUT2D eigenvalue weighted by atomic mass is 10.9. The molecule has 0 heterocycles. The lowest BCUT2D eigenvalue weighted by molar-refractivity contribution is 0.231. The third-order valence-electron chi connectivity index (χ3n) is 0.287. The second-order valence-electron chi connectivity index (χ2n) is 0.779. The molecule has 0 fully saturated rings. The number of hydrogen-bond acceptors (Lipinski definition) is 4. The first-order valence-electron chi connectivity index (χ1n) is 6.57. The summed E-state index contributed by atoms with van der Waals surface area (Å²) >= 11 is 0. The van der Waals surface area contributed by atoms with E-state index in [-0.39, 0.29) is 0 Å². The van der Waals surface area contributed by atoms with Gasteiger partial charge in [0.1, 0.15) is 0 Å². The molecular weight excluding hydrogens is 144 g/mol. The van der Waals surface area contributed by atoms with Crippen molar-refractivity contribution in [2.75, 3.05) is 13.1 Å². The first-order chi connectivity index (χ1) is 7.91. The molecule has 0 aliphatic carbocycles. The van der Waals surface area contributed by atoms with Crippen LogP contribution in [0.2, 0.25) is 0 Å². The fourth-order valence-electron chi connectivity index (χ4n) is 0.119. The molecule has 4 nitrogen and oxygen atoms in total. The Hall–Kier alpha value is -0.130. The molecule has 9 heavy (non-hydrogen) atoms. The van der Waals surface area contributed by atoms with Crippen LogP contribution in [0, 0.1) is 0 Å². The minimum atomic E-state index is -5.53. The molecule has 5 heteroatoms. The van der Waals surface area contributed by atoms with Crippen LogP contribution in [0.5, 0.6) is 0 Å². The van der Waals surface area contributed by atoms with Gasteiger partial charge in [0.2, 0.25) is 0 Å². The van der Waals surface area contributed by atoms with Crippen molar-refractivity contribution in [3.05, 3.63) is 0 Å². The van der Waals surface area contributed by atoms with Crippen molar-refractivity contribution in [1.82, 2.24) is 0 Å². The van der Waals surface area contributed by atoms with Gasteiger partial charge in [-0.2, -0.15) is 8.42 Å². The second kappa shape index (κ2) is 3.81. The average Bonchev–Trinajstić information content (AvgIpc) is 1.93. The van der Waals surface area contributed by atoms with E-state index >= 15 is 0 Å². The van der Waals surface area contributed by atoms with E-state index in [2.05, 4.69) is 8.37 Å². The van der Waals surface area contributed by atoms with Crippen LogP contribution in [0.15, 0.2) is 0 Å². The van der Waals surface area contributed by atoms with Crippen LogP contribution in [0.25, 0.3) is 0 Å². The molecule has 56 valence electrons. The molecule has 0 aliphatic rings. The zero-order valence-electron chi connectivity index (χ0n) is 14.0. The first-order valence-corrected chi connectivity index (χ1v) is 2.91. The summed E-state index contributed by atoms with van der Waals surface area (Å²) in [6.07, 6.45) is 0. The number of rotatable bonds is 4. The average molecular weight is 164 g/mol. The predicted octanol–water partition coefficient (Wildman–Crippen LogP) is 0.304. The van der Waals surface area contributed by atoms with E-state index in [4.69, 9.17) is 13.7 Å². The molecule has 0 bridgehead atoms. The van der Waals surface area contributed by atoms with Gasteiger partial charge in [-0.3, -0.25) is 0 Å². The Kier molecular flexibility index (Phi) is 0.729. The van der Waals surface area contributed by atoms with Gasteiger partial charge in [0.15, 0.2) is 0 Å². The van der Waals surface area contributed by atoms with Gasteiger partial charge in [-0.05, 0) is 13.7 Å². The van der Waals surface area contributed by atoms with E-state index < -0.39 is 37.2 Å². The minimum Gasteiger partial charge on any atom is -0.248 e. The van der Waals surface area contributed by atoms with Crippen LogP contribution in [0.1, 0.15) is 27.4 Å². The lowest BCUT2D eigenvalue weighted by Crippen LogP contribution is -2.09. The van der Waals surface area contributed by atoms with Crippen molar-refractivity contribution >= 4 is 10.4 Å².